The van der Waals surface area contributed by atoms with Gasteiger partial charge in [0, 0.05) is 25.6 Å². The van der Waals surface area contributed by atoms with Crippen LogP contribution in [0, 0.1) is 0 Å². The van der Waals surface area contributed by atoms with Crippen molar-refractivity contribution in [2.75, 3.05) is 5.32 Å². The summed E-state index contributed by atoms with van der Waals surface area (Å²) in [4.78, 5) is 30.1. The number of aryl methyl sites for hydroxylation is 1. The van der Waals surface area contributed by atoms with Gasteiger partial charge in [-0.15, -0.1) is 0 Å². The van der Waals surface area contributed by atoms with Crippen LogP contribution in [0.3, 0.4) is 0 Å². The van der Waals surface area contributed by atoms with Gasteiger partial charge in [-0.05, 0) is 6.07 Å². The fourth-order valence-corrected chi connectivity index (χ4v) is 1.09. The number of amides is 1. The monoisotopic (exact) mass is 219 g/mol. The van der Waals surface area contributed by atoms with Gasteiger partial charge >= 0.3 is 11.7 Å². The summed E-state index contributed by atoms with van der Waals surface area (Å²) in [7, 11) is 1.58. The van der Waals surface area contributed by atoms with Crippen LogP contribution in [0.1, 0.15) is 0 Å². The Morgan fingerprint density at radius 3 is 2.88 bits per heavy atom. The SMILES string of the molecule is Cn1ccc(NC(=O)n2ccnc2)nc1=O. The van der Waals surface area contributed by atoms with E-state index < -0.39 is 11.7 Å². The molecular weight excluding hydrogens is 210 g/mol. The van der Waals surface area contributed by atoms with Crippen LogP contribution >= 0.6 is 0 Å². The molecule has 7 heteroatoms. The second-order valence-electron chi connectivity index (χ2n) is 3.11. The van der Waals surface area contributed by atoms with Crippen molar-refractivity contribution in [3.8, 4) is 0 Å². The average molecular weight is 219 g/mol. The number of imidazole rings is 1. The standard InChI is InChI=1S/C9H9N5O2/c1-13-4-2-7(11-8(13)15)12-9(16)14-5-3-10-6-14/h2-6H,1H3,(H,11,12,15,16). The third-order valence-electron chi connectivity index (χ3n) is 1.95. The number of rotatable bonds is 1. The van der Waals surface area contributed by atoms with E-state index >= 15 is 0 Å². The summed E-state index contributed by atoms with van der Waals surface area (Å²) < 4.78 is 2.56. The molecule has 7 nitrogen and oxygen atoms in total. The van der Waals surface area contributed by atoms with Crippen molar-refractivity contribution in [2.24, 2.45) is 7.05 Å². The lowest BCUT2D eigenvalue weighted by Gasteiger charge is -2.04. The summed E-state index contributed by atoms with van der Waals surface area (Å²) in [5.41, 5.74) is -0.427. The van der Waals surface area contributed by atoms with E-state index in [0.29, 0.717) is 0 Å². The maximum atomic E-state index is 11.5. The number of carbonyl (C=O) groups is 1. The number of carbonyl (C=O) groups excluding carboxylic acids is 1. The molecule has 0 saturated carbocycles. The number of hydrogen-bond acceptors (Lipinski definition) is 4. The molecular formula is C9H9N5O2. The van der Waals surface area contributed by atoms with Gasteiger partial charge in [-0.1, -0.05) is 0 Å². The molecule has 82 valence electrons. The third-order valence-corrected chi connectivity index (χ3v) is 1.95. The van der Waals surface area contributed by atoms with Crippen molar-refractivity contribution in [3.63, 3.8) is 0 Å². The Bertz CT molecular complexity index is 558. The third kappa shape index (κ3) is 1.97. The van der Waals surface area contributed by atoms with Crippen LogP contribution in [0.25, 0.3) is 0 Å². The quantitative estimate of drug-likeness (QED) is 0.735. The summed E-state index contributed by atoms with van der Waals surface area (Å²) in [5, 5.41) is 2.47. The first-order valence-corrected chi connectivity index (χ1v) is 4.50. The van der Waals surface area contributed by atoms with Crippen LogP contribution in [0.15, 0.2) is 35.8 Å². The Kier molecular flexibility index (Phi) is 2.50. The number of hydrogen-bond donors (Lipinski definition) is 1. The largest absolute Gasteiger partial charge is 0.349 e. The van der Waals surface area contributed by atoms with E-state index in [9.17, 15) is 9.59 Å². The molecule has 0 aromatic carbocycles. The Morgan fingerprint density at radius 1 is 1.44 bits per heavy atom. The van der Waals surface area contributed by atoms with Crippen LogP contribution in [0.4, 0.5) is 10.6 Å². The zero-order valence-electron chi connectivity index (χ0n) is 8.49. The van der Waals surface area contributed by atoms with E-state index in [1.807, 2.05) is 0 Å². The summed E-state index contributed by atoms with van der Waals surface area (Å²) in [5.74, 6) is 0.210. The molecule has 0 unspecified atom stereocenters. The first-order chi connectivity index (χ1) is 7.66. The second kappa shape index (κ2) is 3.97. The molecule has 0 saturated heterocycles. The smallest absolute Gasteiger partial charge is 0.302 e. The molecule has 2 heterocycles. The fraction of sp³-hybridized carbons (Fsp3) is 0.111. The molecule has 2 aromatic rings. The zero-order valence-corrected chi connectivity index (χ0v) is 8.49. The van der Waals surface area contributed by atoms with Gasteiger partial charge in [0.15, 0.2) is 0 Å². The van der Waals surface area contributed by atoms with E-state index in [-0.39, 0.29) is 5.82 Å². The molecule has 0 aliphatic carbocycles. The van der Waals surface area contributed by atoms with Gasteiger partial charge in [-0.25, -0.2) is 14.6 Å². The van der Waals surface area contributed by atoms with Crippen LogP contribution in [0.2, 0.25) is 0 Å². The van der Waals surface area contributed by atoms with Crippen LogP contribution in [-0.2, 0) is 7.05 Å². The highest BCUT2D eigenvalue weighted by atomic mass is 16.2. The Labute approximate surface area is 90.4 Å². The van der Waals surface area contributed by atoms with Gasteiger partial charge in [-0.3, -0.25) is 9.88 Å². The minimum Gasteiger partial charge on any atom is -0.302 e. The highest BCUT2D eigenvalue weighted by molar-refractivity contribution is 5.89. The molecule has 16 heavy (non-hydrogen) atoms. The van der Waals surface area contributed by atoms with Crippen molar-refractivity contribution < 1.29 is 4.79 Å². The summed E-state index contributed by atoms with van der Waals surface area (Å²) in [6.07, 6.45) is 5.86. The first kappa shape index (κ1) is 10.1. The maximum Gasteiger partial charge on any atom is 0.349 e. The van der Waals surface area contributed by atoms with E-state index in [0.717, 1.165) is 0 Å². The molecule has 0 spiro atoms. The highest BCUT2D eigenvalue weighted by Crippen LogP contribution is 1.98. The predicted octanol–water partition coefficient (Wildman–Crippen LogP) is 0.0570. The number of aromatic nitrogens is 4. The van der Waals surface area contributed by atoms with Gasteiger partial charge in [0.2, 0.25) is 0 Å². The molecule has 0 fully saturated rings. The molecule has 2 aromatic heterocycles. The van der Waals surface area contributed by atoms with Gasteiger partial charge in [0.1, 0.15) is 12.1 Å². The molecule has 1 N–H and O–H groups in total. The Morgan fingerprint density at radius 2 is 2.25 bits per heavy atom. The lowest BCUT2D eigenvalue weighted by Crippen LogP contribution is -2.24. The Balaban J connectivity index is 2.19. The van der Waals surface area contributed by atoms with E-state index in [2.05, 4.69) is 15.3 Å². The molecule has 1 amide bonds. The lowest BCUT2D eigenvalue weighted by molar-refractivity contribution is 0.253. The van der Waals surface area contributed by atoms with E-state index in [1.54, 1.807) is 7.05 Å². The van der Waals surface area contributed by atoms with E-state index in [1.165, 1.54) is 40.1 Å². The van der Waals surface area contributed by atoms with Gasteiger partial charge in [0.25, 0.3) is 0 Å². The number of anilines is 1. The van der Waals surface area contributed by atoms with Gasteiger partial charge in [-0.2, -0.15) is 4.98 Å². The van der Waals surface area contributed by atoms with Crippen LogP contribution in [-0.4, -0.2) is 25.1 Å². The molecule has 0 aliphatic heterocycles. The first-order valence-electron chi connectivity index (χ1n) is 4.50. The molecule has 0 bridgehead atoms. The highest BCUT2D eigenvalue weighted by Gasteiger charge is 2.05. The number of nitrogens with zero attached hydrogens (tertiary/aromatic N) is 4. The normalized spacial score (nSPS) is 10.1. The second-order valence-corrected chi connectivity index (χ2v) is 3.11. The zero-order chi connectivity index (χ0) is 11.5. The predicted molar refractivity (Wildman–Crippen MR) is 56.1 cm³/mol. The van der Waals surface area contributed by atoms with Crippen molar-refractivity contribution in [1.82, 2.24) is 19.1 Å². The van der Waals surface area contributed by atoms with Crippen LogP contribution < -0.4 is 11.0 Å². The van der Waals surface area contributed by atoms with Crippen molar-refractivity contribution in [2.45, 2.75) is 0 Å². The van der Waals surface area contributed by atoms with Gasteiger partial charge in [0.05, 0.1) is 0 Å². The summed E-state index contributed by atoms with van der Waals surface area (Å²) >= 11 is 0. The van der Waals surface area contributed by atoms with Gasteiger partial charge < -0.3 is 4.57 Å². The Hall–Kier alpha value is -2.44. The maximum absolute atomic E-state index is 11.5. The minimum absolute atomic E-state index is 0.210. The van der Waals surface area contributed by atoms with Crippen LogP contribution in [0.5, 0.6) is 0 Å². The van der Waals surface area contributed by atoms with Crippen molar-refractivity contribution in [3.05, 3.63) is 41.5 Å². The average Bonchev–Trinajstić information content (AvgIpc) is 2.77. The molecule has 0 aliphatic rings. The molecule has 0 atom stereocenters. The topological polar surface area (TPSA) is 81.8 Å². The molecule has 0 radical (unpaired) electrons. The minimum atomic E-state index is -0.427. The number of nitrogens with one attached hydrogen (secondary N) is 1. The summed E-state index contributed by atoms with van der Waals surface area (Å²) in [6, 6.07) is 1.12. The molecule has 2 rings (SSSR count). The van der Waals surface area contributed by atoms with E-state index in [4.69, 9.17) is 0 Å². The fourth-order valence-electron chi connectivity index (χ4n) is 1.09. The summed E-state index contributed by atoms with van der Waals surface area (Å²) in [6.45, 7) is 0. The lowest BCUT2D eigenvalue weighted by atomic mass is 10.5. The van der Waals surface area contributed by atoms with Crippen molar-refractivity contribution in [1.29, 1.82) is 0 Å². The van der Waals surface area contributed by atoms with Crippen molar-refractivity contribution >= 4 is 11.8 Å².